The van der Waals surface area contributed by atoms with Crippen molar-refractivity contribution in [3.05, 3.63) is 0 Å². The van der Waals surface area contributed by atoms with Crippen molar-refractivity contribution < 1.29 is 20.1 Å². The van der Waals surface area contributed by atoms with E-state index in [-0.39, 0.29) is 13.2 Å². The second kappa shape index (κ2) is 2.47. The van der Waals surface area contributed by atoms with Crippen LogP contribution in [0.5, 0.6) is 0 Å². The second-order valence-corrected chi connectivity index (χ2v) is 2.83. The predicted octanol–water partition coefficient (Wildman–Crippen LogP) is -1.51. The maximum absolute atomic E-state index is 9.28. The first-order valence-corrected chi connectivity index (χ1v) is 3.21. The lowest BCUT2D eigenvalue weighted by molar-refractivity contribution is -0.0434. The molecule has 60 valence electrons. The van der Waals surface area contributed by atoms with Gasteiger partial charge in [0.15, 0.2) is 0 Å². The molecule has 1 rings (SSSR count). The van der Waals surface area contributed by atoms with Gasteiger partial charge in [0.05, 0.1) is 13.2 Å². The summed E-state index contributed by atoms with van der Waals surface area (Å²) >= 11 is 0. The molecule has 1 saturated heterocycles. The Hall–Kier alpha value is -0.160. The lowest BCUT2D eigenvalue weighted by atomic mass is 10.00. The molecule has 0 aromatic rings. The van der Waals surface area contributed by atoms with E-state index < -0.39 is 17.8 Å². The van der Waals surface area contributed by atoms with Crippen LogP contribution in [-0.2, 0) is 4.74 Å². The van der Waals surface area contributed by atoms with E-state index in [2.05, 4.69) is 0 Å². The molecule has 10 heavy (non-hydrogen) atoms. The number of aliphatic hydroxyl groups is 3. The van der Waals surface area contributed by atoms with Gasteiger partial charge in [-0.3, -0.25) is 0 Å². The average molecular weight is 148 g/mol. The van der Waals surface area contributed by atoms with E-state index in [4.69, 9.17) is 9.84 Å². The van der Waals surface area contributed by atoms with Crippen LogP contribution in [0.1, 0.15) is 6.92 Å². The van der Waals surface area contributed by atoms with Gasteiger partial charge in [-0.2, -0.15) is 0 Å². The molecule has 0 spiro atoms. The molecule has 1 heterocycles. The van der Waals surface area contributed by atoms with E-state index in [0.717, 1.165) is 0 Å². The van der Waals surface area contributed by atoms with Crippen LogP contribution < -0.4 is 0 Å². The Labute approximate surface area is 59.1 Å². The summed E-state index contributed by atoms with van der Waals surface area (Å²) in [5.74, 6) is 0. The zero-order valence-electron chi connectivity index (χ0n) is 5.82. The zero-order chi connectivity index (χ0) is 7.78. The Kier molecular flexibility index (Phi) is 1.96. The van der Waals surface area contributed by atoms with Crippen LogP contribution in [0.25, 0.3) is 0 Å². The highest BCUT2D eigenvalue weighted by Gasteiger charge is 2.43. The Morgan fingerprint density at radius 1 is 1.70 bits per heavy atom. The minimum absolute atomic E-state index is 0.0827. The number of aliphatic hydroxyl groups excluding tert-OH is 2. The monoisotopic (exact) mass is 148 g/mol. The van der Waals surface area contributed by atoms with Crippen molar-refractivity contribution in [1.29, 1.82) is 0 Å². The topological polar surface area (TPSA) is 69.9 Å². The summed E-state index contributed by atoms with van der Waals surface area (Å²) in [7, 11) is 0. The van der Waals surface area contributed by atoms with Gasteiger partial charge in [0.25, 0.3) is 0 Å². The number of ether oxygens (including phenoxy) is 1. The first-order chi connectivity index (χ1) is 4.58. The van der Waals surface area contributed by atoms with E-state index >= 15 is 0 Å². The van der Waals surface area contributed by atoms with Gasteiger partial charge in [-0.25, -0.2) is 0 Å². The van der Waals surface area contributed by atoms with Crippen molar-refractivity contribution in [2.24, 2.45) is 0 Å². The van der Waals surface area contributed by atoms with Gasteiger partial charge in [-0.1, -0.05) is 0 Å². The molecule has 3 N–H and O–H groups in total. The Balaban J connectivity index is 2.58. The maximum Gasteiger partial charge on any atom is 0.114 e. The summed E-state index contributed by atoms with van der Waals surface area (Å²) in [6.07, 6.45) is -1.60. The zero-order valence-corrected chi connectivity index (χ0v) is 5.82. The first kappa shape index (κ1) is 7.94. The van der Waals surface area contributed by atoms with Crippen LogP contribution in [-0.4, -0.2) is 46.3 Å². The summed E-state index contributed by atoms with van der Waals surface area (Å²) in [6.45, 7) is 1.31. The van der Waals surface area contributed by atoms with Gasteiger partial charge in [-0.05, 0) is 6.92 Å². The number of hydrogen-bond donors (Lipinski definition) is 3. The van der Waals surface area contributed by atoms with E-state index in [1.807, 2.05) is 0 Å². The maximum atomic E-state index is 9.28. The van der Waals surface area contributed by atoms with Crippen molar-refractivity contribution in [2.75, 3.05) is 13.2 Å². The third kappa shape index (κ3) is 1.15. The molecule has 0 aliphatic carbocycles. The van der Waals surface area contributed by atoms with Crippen molar-refractivity contribution in [1.82, 2.24) is 0 Å². The SMILES string of the molecule is C[C@]1(O)CO[C@H](CO)[C@H]1O. The molecular weight excluding hydrogens is 136 g/mol. The quantitative estimate of drug-likeness (QED) is 0.423. The van der Waals surface area contributed by atoms with Crippen LogP contribution in [0.3, 0.4) is 0 Å². The molecule has 0 aromatic carbocycles. The van der Waals surface area contributed by atoms with Crippen molar-refractivity contribution in [3.63, 3.8) is 0 Å². The highest BCUT2D eigenvalue weighted by Crippen LogP contribution is 2.23. The molecular formula is C6H12O4. The average Bonchev–Trinajstić information content (AvgIpc) is 2.10. The molecule has 0 bridgehead atoms. The molecule has 0 aromatic heterocycles. The molecule has 4 heteroatoms. The van der Waals surface area contributed by atoms with Gasteiger partial charge in [0, 0.05) is 0 Å². The second-order valence-electron chi connectivity index (χ2n) is 2.83. The lowest BCUT2D eigenvalue weighted by Gasteiger charge is -2.19. The first-order valence-electron chi connectivity index (χ1n) is 3.21. The summed E-state index contributed by atoms with van der Waals surface area (Å²) in [4.78, 5) is 0. The van der Waals surface area contributed by atoms with Crippen LogP contribution in [0.2, 0.25) is 0 Å². The molecule has 1 aliphatic rings. The molecule has 0 amide bonds. The van der Waals surface area contributed by atoms with Crippen molar-refractivity contribution >= 4 is 0 Å². The standard InChI is InChI=1S/C6H12O4/c1-6(9)3-10-4(2-7)5(6)8/h4-5,7-9H,2-3H2,1H3/t4-,5-,6+/m1/s1. The summed E-state index contributed by atoms with van der Waals surface area (Å²) in [6, 6.07) is 0. The lowest BCUT2D eigenvalue weighted by Crippen LogP contribution is -2.41. The van der Waals surface area contributed by atoms with E-state index in [0.29, 0.717) is 0 Å². The Morgan fingerprint density at radius 3 is 2.50 bits per heavy atom. The fourth-order valence-electron chi connectivity index (χ4n) is 1.01. The van der Waals surface area contributed by atoms with Gasteiger partial charge in [0.2, 0.25) is 0 Å². The molecule has 0 radical (unpaired) electrons. The molecule has 4 nitrogen and oxygen atoms in total. The Bertz CT molecular complexity index is 123. The molecule has 1 fully saturated rings. The van der Waals surface area contributed by atoms with Crippen LogP contribution in [0.15, 0.2) is 0 Å². The van der Waals surface area contributed by atoms with E-state index in [1.165, 1.54) is 6.92 Å². The number of hydrogen-bond acceptors (Lipinski definition) is 4. The number of rotatable bonds is 1. The normalized spacial score (nSPS) is 48.0. The van der Waals surface area contributed by atoms with Gasteiger partial charge < -0.3 is 20.1 Å². The molecule has 0 unspecified atom stereocenters. The summed E-state index contributed by atoms with van der Waals surface area (Å²) in [5, 5.41) is 27.0. The van der Waals surface area contributed by atoms with Gasteiger partial charge >= 0.3 is 0 Å². The van der Waals surface area contributed by atoms with E-state index in [9.17, 15) is 10.2 Å². The van der Waals surface area contributed by atoms with Gasteiger partial charge in [-0.15, -0.1) is 0 Å². The molecule has 1 aliphatic heterocycles. The highest BCUT2D eigenvalue weighted by atomic mass is 16.5. The fraction of sp³-hybridized carbons (Fsp3) is 1.00. The van der Waals surface area contributed by atoms with E-state index in [1.54, 1.807) is 0 Å². The molecule has 3 atom stereocenters. The van der Waals surface area contributed by atoms with Crippen molar-refractivity contribution in [3.8, 4) is 0 Å². The van der Waals surface area contributed by atoms with Crippen molar-refractivity contribution in [2.45, 2.75) is 24.7 Å². The predicted molar refractivity (Wildman–Crippen MR) is 33.5 cm³/mol. The fourth-order valence-corrected chi connectivity index (χ4v) is 1.01. The van der Waals surface area contributed by atoms with Crippen LogP contribution >= 0.6 is 0 Å². The minimum Gasteiger partial charge on any atom is -0.394 e. The molecule has 0 saturated carbocycles. The summed E-state index contributed by atoms with van der Waals surface area (Å²) in [5.41, 5.74) is -1.20. The van der Waals surface area contributed by atoms with Crippen LogP contribution in [0.4, 0.5) is 0 Å². The minimum atomic E-state index is -1.20. The smallest absolute Gasteiger partial charge is 0.114 e. The Morgan fingerprint density at radius 2 is 2.30 bits per heavy atom. The van der Waals surface area contributed by atoms with Crippen LogP contribution in [0, 0.1) is 0 Å². The third-order valence-electron chi connectivity index (χ3n) is 1.76. The third-order valence-corrected chi connectivity index (χ3v) is 1.76. The largest absolute Gasteiger partial charge is 0.394 e. The van der Waals surface area contributed by atoms with Gasteiger partial charge in [0.1, 0.15) is 17.8 Å². The highest BCUT2D eigenvalue weighted by molar-refractivity contribution is 4.92. The summed E-state index contributed by atoms with van der Waals surface area (Å²) < 4.78 is 4.88.